The Hall–Kier alpha value is -1.62. The molecule has 1 N–H and O–H groups in total. The molecule has 0 fully saturated rings. The molecular formula is C13H19NO4. The lowest BCUT2D eigenvalue weighted by molar-refractivity contribution is -0.156. The largest absolute Gasteiger partial charge is 0.466 e. The second-order valence-corrected chi connectivity index (χ2v) is 4.43. The maximum absolute atomic E-state index is 11.5. The second kappa shape index (κ2) is 6.35. The quantitative estimate of drug-likeness (QED) is 0.775. The smallest absolute Gasteiger partial charge is 0.349 e. The summed E-state index contributed by atoms with van der Waals surface area (Å²) in [5, 5.41) is 8.78. The monoisotopic (exact) mass is 253 g/mol. The molecule has 1 aromatic heterocycles. The number of aliphatic hydroxyl groups excluding tert-OH is 1. The van der Waals surface area contributed by atoms with E-state index >= 15 is 0 Å². The van der Waals surface area contributed by atoms with Crippen molar-refractivity contribution in [3.05, 3.63) is 23.9 Å². The van der Waals surface area contributed by atoms with Crippen LogP contribution in [-0.2, 0) is 16.0 Å². The van der Waals surface area contributed by atoms with E-state index in [1.165, 1.54) is 7.11 Å². The van der Waals surface area contributed by atoms with Crippen molar-refractivity contribution in [2.24, 2.45) is 0 Å². The Morgan fingerprint density at radius 2 is 2.22 bits per heavy atom. The first-order valence-electron chi connectivity index (χ1n) is 5.83. The summed E-state index contributed by atoms with van der Waals surface area (Å²) in [6.45, 7) is 3.40. The van der Waals surface area contributed by atoms with Gasteiger partial charge in [0.05, 0.1) is 7.11 Å². The number of aryl methyl sites for hydroxylation is 1. The van der Waals surface area contributed by atoms with Gasteiger partial charge >= 0.3 is 5.97 Å². The van der Waals surface area contributed by atoms with Gasteiger partial charge in [-0.05, 0) is 38.3 Å². The number of methoxy groups -OCH3 is 1. The zero-order valence-electron chi connectivity index (χ0n) is 11.0. The lowest BCUT2D eigenvalue weighted by Gasteiger charge is -2.22. The Morgan fingerprint density at radius 1 is 1.50 bits per heavy atom. The number of nitrogens with zero attached hydrogens (tertiary/aromatic N) is 1. The average molecular weight is 253 g/mol. The SMILES string of the molecule is COC(=O)C(C)(C)Oc1cc(CCCO)ccn1. The van der Waals surface area contributed by atoms with Crippen LogP contribution in [0.25, 0.3) is 0 Å². The normalized spacial score (nSPS) is 11.1. The van der Waals surface area contributed by atoms with Crippen molar-refractivity contribution in [2.45, 2.75) is 32.3 Å². The van der Waals surface area contributed by atoms with E-state index in [4.69, 9.17) is 9.84 Å². The maximum Gasteiger partial charge on any atom is 0.349 e. The minimum absolute atomic E-state index is 0.145. The standard InChI is InChI=1S/C13H19NO4/c1-13(2,12(16)17-3)18-11-9-10(5-4-8-15)6-7-14-11/h6-7,9,15H,4-5,8H2,1-3H3. The van der Waals surface area contributed by atoms with Gasteiger partial charge in [0, 0.05) is 18.9 Å². The van der Waals surface area contributed by atoms with Crippen molar-refractivity contribution in [1.82, 2.24) is 4.98 Å². The van der Waals surface area contributed by atoms with Gasteiger partial charge in [-0.2, -0.15) is 0 Å². The molecular weight excluding hydrogens is 234 g/mol. The van der Waals surface area contributed by atoms with Crippen LogP contribution in [0.5, 0.6) is 5.88 Å². The number of pyridine rings is 1. The molecule has 0 atom stereocenters. The molecule has 100 valence electrons. The van der Waals surface area contributed by atoms with Crippen LogP contribution in [0.15, 0.2) is 18.3 Å². The second-order valence-electron chi connectivity index (χ2n) is 4.43. The fourth-order valence-corrected chi connectivity index (χ4v) is 1.49. The summed E-state index contributed by atoms with van der Waals surface area (Å²) in [6, 6.07) is 3.62. The van der Waals surface area contributed by atoms with E-state index in [1.807, 2.05) is 6.07 Å². The van der Waals surface area contributed by atoms with Gasteiger partial charge in [0.15, 0.2) is 0 Å². The van der Waals surface area contributed by atoms with Gasteiger partial charge in [0.2, 0.25) is 11.5 Å². The number of hydrogen-bond acceptors (Lipinski definition) is 5. The highest BCUT2D eigenvalue weighted by Gasteiger charge is 2.31. The molecule has 5 heteroatoms. The number of aromatic nitrogens is 1. The molecule has 0 amide bonds. The summed E-state index contributed by atoms with van der Waals surface area (Å²) < 4.78 is 10.2. The van der Waals surface area contributed by atoms with E-state index < -0.39 is 11.6 Å². The van der Waals surface area contributed by atoms with Gasteiger partial charge in [-0.25, -0.2) is 9.78 Å². The van der Waals surface area contributed by atoms with Crippen LogP contribution in [0.4, 0.5) is 0 Å². The molecule has 1 heterocycles. The third-order valence-corrected chi connectivity index (χ3v) is 2.46. The molecule has 5 nitrogen and oxygen atoms in total. The van der Waals surface area contributed by atoms with Crippen LogP contribution in [0, 0.1) is 0 Å². The van der Waals surface area contributed by atoms with Crippen molar-refractivity contribution in [3.8, 4) is 5.88 Å². The Kier molecular flexibility index (Phi) is 5.09. The predicted molar refractivity (Wildman–Crippen MR) is 66.4 cm³/mol. The summed E-state index contributed by atoms with van der Waals surface area (Å²) in [7, 11) is 1.32. The zero-order chi connectivity index (χ0) is 13.6. The van der Waals surface area contributed by atoms with Gasteiger partial charge in [0.1, 0.15) is 0 Å². The molecule has 0 spiro atoms. The molecule has 0 aliphatic rings. The number of carbonyl (C=O) groups excluding carboxylic acids is 1. The summed E-state index contributed by atoms with van der Waals surface area (Å²) in [5.41, 5.74) is -0.0631. The molecule has 0 aromatic carbocycles. The molecule has 0 saturated carbocycles. The Bertz CT molecular complexity index is 404. The maximum atomic E-state index is 11.5. The van der Waals surface area contributed by atoms with Crippen LogP contribution < -0.4 is 4.74 Å². The summed E-state index contributed by atoms with van der Waals surface area (Å²) >= 11 is 0. The lowest BCUT2D eigenvalue weighted by Crippen LogP contribution is -2.39. The number of esters is 1. The molecule has 1 rings (SSSR count). The van der Waals surface area contributed by atoms with Crippen LogP contribution in [-0.4, -0.2) is 35.4 Å². The Labute approximate surface area is 107 Å². The van der Waals surface area contributed by atoms with Crippen LogP contribution in [0.1, 0.15) is 25.8 Å². The third kappa shape index (κ3) is 4.00. The molecule has 0 bridgehead atoms. The molecule has 0 unspecified atom stereocenters. The highest BCUT2D eigenvalue weighted by molar-refractivity contribution is 5.78. The van der Waals surface area contributed by atoms with Crippen LogP contribution in [0.3, 0.4) is 0 Å². The fourth-order valence-electron chi connectivity index (χ4n) is 1.49. The van der Waals surface area contributed by atoms with Crippen molar-refractivity contribution in [1.29, 1.82) is 0 Å². The molecule has 0 radical (unpaired) electrons. The van der Waals surface area contributed by atoms with Crippen molar-refractivity contribution >= 4 is 5.97 Å². The first-order valence-corrected chi connectivity index (χ1v) is 5.83. The number of rotatable bonds is 6. The topological polar surface area (TPSA) is 68.7 Å². The Balaban J connectivity index is 2.75. The van der Waals surface area contributed by atoms with E-state index in [0.29, 0.717) is 12.3 Å². The molecule has 0 aliphatic heterocycles. The minimum atomic E-state index is -1.07. The molecule has 18 heavy (non-hydrogen) atoms. The fraction of sp³-hybridized carbons (Fsp3) is 0.538. The van der Waals surface area contributed by atoms with Crippen molar-refractivity contribution < 1.29 is 19.4 Å². The average Bonchev–Trinajstić information content (AvgIpc) is 2.35. The van der Waals surface area contributed by atoms with Gasteiger partial charge in [-0.15, -0.1) is 0 Å². The lowest BCUT2D eigenvalue weighted by atomic mass is 10.1. The number of carbonyl (C=O) groups is 1. The van der Waals surface area contributed by atoms with Gasteiger partial charge in [0.25, 0.3) is 0 Å². The van der Waals surface area contributed by atoms with Crippen molar-refractivity contribution in [3.63, 3.8) is 0 Å². The van der Waals surface area contributed by atoms with Gasteiger partial charge in [-0.3, -0.25) is 0 Å². The highest BCUT2D eigenvalue weighted by Crippen LogP contribution is 2.18. The van der Waals surface area contributed by atoms with Crippen LogP contribution in [0.2, 0.25) is 0 Å². The predicted octanol–water partition coefficient (Wildman–Crippen LogP) is 1.34. The van der Waals surface area contributed by atoms with E-state index in [1.54, 1.807) is 26.1 Å². The summed E-state index contributed by atoms with van der Waals surface area (Å²) in [4.78, 5) is 15.5. The van der Waals surface area contributed by atoms with E-state index in [9.17, 15) is 4.79 Å². The molecule has 0 aliphatic carbocycles. The molecule has 1 aromatic rings. The number of aliphatic hydroxyl groups is 1. The van der Waals surface area contributed by atoms with Crippen molar-refractivity contribution in [2.75, 3.05) is 13.7 Å². The first kappa shape index (κ1) is 14.4. The Morgan fingerprint density at radius 3 is 2.83 bits per heavy atom. The third-order valence-electron chi connectivity index (χ3n) is 2.46. The van der Waals surface area contributed by atoms with E-state index in [2.05, 4.69) is 9.72 Å². The number of hydrogen-bond donors (Lipinski definition) is 1. The van der Waals surface area contributed by atoms with E-state index in [-0.39, 0.29) is 6.61 Å². The number of ether oxygens (including phenoxy) is 2. The zero-order valence-corrected chi connectivity index (χ0v) is 11.0. The van der Waals surface area contributed by atoms with Gasteiger partial charge in [-0.1, -0.05) is 0 Å². The molecule has 0 saturated heterocycles. The van der Waals surface area contributed by atoms with Gasteiger partial charge < -0.3 is 14.6 Å². The summed E-state index contributed by atoms with van der Waals surface area (Å²) in [6.07, 6.45) is 3.05. The minimum Gasteiger partial charge on any atom is -0.466 e. The van der Waals surface area contributed by atoms with Crippen LogP contribution >= 0.6 is 0 Å². The first-order chi connectivity index (χ1) is 8.49. The highest BCUT2D eigenvalue weighted by atomic mass is 16.6. The summed E-state index contributed by atoms with van der Waals surface area (Å²) in [5.74, 6) is -0.0779. The van der Waals surface area contributed by atoms with E-state index in [0.717, 1.165) is 12.0 Å².